The normalized spacial score (nSPS) is 10.2. The van der Waals surface area contributed by atoms with E-state index in [-0.39, 0.29) is 11.7 Å². The second-order valence-corrected chi connectivity index (χ2v) is 5.52. The number of rotatable bonds is 4. The summed E-state index contributed by atoms with van der Waals surface area (Å²) in [7, 11) is 0. The van der Waals surface area contributed by atoms with Gasteiger partial charge in [0.05, 0.1) is 5.75 Å². The summed E-state index contributed by atoms with van der Waals surface area (Å²) >= 11 is 4.71. The third-order valence-electron chi connectivity index (χ3n) is 2.15. The average Bonchev–Trinajstić information content (AvgIpc) is 2.39. The molecule has 98 valence electrons. The van der Waals surface area contributed by atoms with Crippen molar-refractivity contribution in [2.24, 2.45) is 0 Å². The minimum atomic E-state index is -0.168. The van der Waals surface area contributed by atoms with Crippen LogP contribution in [0.5, 0.6) is 0 Å². The molecule has 1 aromatic heterocycles. The van der Waals surface area contributed by atoms with Crippen LogP contribution in [0, 0.1) is 0 Å². The zero-order chi connectivity index (χ0) is 13.7. The number of nitrogens with one attached hydrogen (secondary N) is 1. The lowest BCUT2D eigenvalue weighted by Crippen LogP contribution is -2.15. The highest BCUT2D eigenvalue weighted by Gasteiger charge is 2.07. The first-order valence-corrected chi connectivity index (χ1v) is 7.18. The molecule has 0 radical (unpaired) electrons. The average molecular weight is 339 g/mol. The number of carbonyl (C=O) groups excluding carboxylic acids is 1. The van der Waals surface area contributed by atoms with E-state index in [4.69, 9.17) is 5.73 Å². The van der Waals surface area contributed by atoms with Gasteiger partial charge in [-0.25, -0.2) is 9.97 Å². The third-order valence-corrected chi connectivity index (χ3v) is 3.73. The van der Waals surface area contributed by atoms with Crippen LogP contribution in [0.2, 0.25) is 0 Å². The quantitative estimate of drug-likeness (QED) is 0.661. The van der Waals surface area contributed by atoms with Gasteiger partial charge in [-0.2, -0.15) is 0 Å². The lowest BCUT2D eigenvalue weighted by molar-refractivity contribution is -0.113. The lowest BCUT2D eigenvalue weighted by atomic mass is 10.3. The molecule has 7 heteroatoms. The number of amides is 1. The molecule has 1 amide bonds. The molecule has 0 aliphatic rings. The Bertz CT molecular complexity index is 579. The van der Waals surface area contributed by atoms with Crippen LogP contribution in [-0.2, 0) is 4.79 Å². The summed E-state index contributed by atoms with van der Waals surface area (Å²) in [5, 5.41) is 2.61. The van der Waals surface area contributed by atoms with Crippen molar-refractivity contribution in [1.29, 1.82) is 0 Å². The van der Waals surface area contributed by atoms with Gasteiger partial charge >= 0.3 is 0 Å². The summed E-state index contributed by atoms with van der Waals surface area (Å²) in [6.07, 6.45) is 3.14. The van der Waals surface area contributed by atoms with E-state index >= 15 is 0 Å². The molecular formula is C12H11BrN4OS. The van der Waals surface area contributed by atoms with Crippen LogP contribution in [0.4, 0.5) is 11.6 Å². The molecule has 0 saturated carbocycles. The van der Waals surface area contributed by atoms with Gasteiger partial charge in [0.25, 0.3) is 0 Å². The van der Waals surface area contributed by atoms with Crippen molar-refractivity contribution < 1.29 is 4.79 Å². The molecule has 5 nitrogen and oxygen atoms in total. The maximum atomic E-state index is 11.7. The maximum Gasteiger partial charge on any atom is 0.237 e. The Labute approximate surface area is 123 Å². The topological polar surface area (TPSA) is 80.9 Å². The highest BCUT2D eigenvalue weighted by Crippen LogP contribution is 2.27. The zero-order valence-corrected chi connectivity index (χ0v) is 12.2. The van der Waals surface area contributed by atoms with Crippen LogP contribution in [0.15, 0.2) is 46.0 Å². The van der Waals surface area contributed by atoms with E-state index in [1.807, 2.05) is 12.1 Å². The van der Waals surface area contributed by atoms with E-state index in [0.717, 1.165) is 9.37 Å². The molecule has 3 N–H and O–H groups in total. The summed E-state index contributed by atoms with van der Waals surface area (Å²) in [6.45, 7) is 0. The largest absolute Gasteiger partial charge is 0.398 e. The van der Waals surface area contributed by atoms with Crippen LogP contribution in [0.1, 0.15) is 0 Å². The smallest absolute Gasteiger partial charge is 0.237 e. The number of benzene rings is 1. The fourth-order valence-corrected chi connectivity index (χ4v) is 2.45. The maximum absolute atomic E-state index is 11.7. The molecule has 1 heterocycles. The van der Waals surface area contributed by atoms with Gasteiger partial charge in [0, 0.05) is 27.4 Å². The number of nitrogen functional groups attached to an aromatic ring is 1. The number of anilines is 2. The molecule has 0 aliphatic carbocycles. The number of aromatic nitrogens is 2. The molecule has 0 saturated heterocycles. The third kappa shape index (κ3) is 4.22. The van der Waals surface area contributed by atoms with E-state index in [9.17, 15) is 4.79 Å². The molecular weight excluding hydrogens is 328 g/mol. The molecule has 2 aromatic rings. The highest BCUT2D eigenvalue weighted by molar-refractivity contribution is 9.10. The molecule has 0 unspecified atom stereocenters. The Hall–Kier alpha value is -1.60. The van der Waals surface area contributed by atoms with Gasteiger partial charge in [-0.3, -0.25) is 10.1 Å². The Kier molecular flexibility index (Phi) is 4.75. The Balaban J connectivity index is 1.90. The Morgan fingerprint density at radius 2 is 2.11 bits per heavy atom. The van der Waals surface area contributed by atoms with Crippen molar-refractivity contribution >= 4 is 45.2 Å². The van der Waals surface area contributed by atoms with Crippen LogP contribution >= 0.6 is 27.7 Å². The van der Waals surface area contributed by atoms with Crippen molar-refractivity contribution in [3.8, 4) is 0 Å². The fraction of sp³-hybridized carbons (Fsp3) is 0.0833. The van der Waals surface area contributed by atoms with Crippen molar-refractivity contribution in [1.82, 2.24) is 9.97 Å². The molecule has 2 rings (SSSR count). The van der Waals surface area contributed by atoms with E-state index in [1.54, 1.807) is 24.5 Å². The van der Waals surface area contributed by atoms with Crippen LogP contribution in [-0.4, -0.2) is 21.6 Å². The predicted octanol–water partition coefficient (Wildman–Crippen LogP) is 2.55. The number of nitrogens with two attached hydrogens (primary N) is 1. The summed E-state index contributed by atoms with van der Waals surface area (Å²) in [4.78, 5) is 20.4. The van der Waals surface area contributed by atoms with E-state index in [0.29, 0.717) is 11.6 Å². The van der Waals surface area contributed by atoms with Gasteiger partial charge in [0.15, 0.2) is 0 Å². The monoisotopic (exact) mass is 338 g/mol. The zero-order valence-electron chi connectivity index (χ0n) is 9.84. The van der Waals surface area contributed by atoms with Crippen molar-refractivity contribution in [3.63, 3.8) is 0 Å². The standard InChI is InChI=1S/C12H11BrN4OS/c13-8-2-3-10(9(14)6-8)19-7-11(18)17-12-15-4-1-5-16-12/h1-6H,7,14H2,(H,15,16,17,18). The minimum absolute atomic E-state index is 0.168. The first-order valence-electron chi connectivity index (χ1n) is 5.40. The highest BCUT2D eigenvalue weighted by atomic mass is 79.9. The van der Waals surface area contributed by atoms with Gasteiger partial charge in [0.1, 0.15) is 0 Å². The van der Waals surface area contributed by atoms with E-state index < -0.39 is 0 Å². The van der Waals surface area contributed by atoms with Gasteiger partial charge in [-0.15, -0.1) is 11.8 Å². The van der Waals surface area contributed by atoms with Crippen molar-refractivity contribution in [2.75, 3.05) is 16.8 Å². The Morgan fingerprint density at radius 3 is 2.79 bits per heavy atom. The van der Waals surface area contributed by atoms with Gasteiger partial charge in [-0.05, 0) is 24.3 Å². The fourth-order valence-electron chi connectivity index (χ4n) is 1.32. The molecule has 1 aromatic carbocycles. The summed E-state index contributed by atoms with van der Waals surface area (Å²) in [6, 6.07) is 7.25. The second kappa shape index (κ2) is 6.53. The first-order chi connectivity index (χ1) is 9.15. The molecule has 0 aliphatic heterocycles. The molecule has 0 spiro atoms. The number of halogens is 1. The van der Waals surface area contributed by atoms with Crippen molar-refractivity contribution in [3.05, 3.63) is 41.1 Å². The number of hydrogen-bond donors (Lipinski definition) is 2. The van der Waals surface area contributed by atoms with Crippen molar-refractivity contribution in [2.45, 2.75) is 4.90 Å². The first kappa shape index (κ1) is 13.8. The summed E-state index contributed by atoms with van der Waals surface area (Å²) < 4.78 is 0.913. The number of hydrogen-bond acceptors (Lipinski definition) is 5. The van der Waals surface area contributed by atoms with Gasteiger partial charge in [-0.1, -0.05) is 15.9 Å². The van der Waals surface area contributed by atoms with Crippen LogP contribution in [0.3, 0.4) is 0 Å². The molecule has 19 heavy (non-hydrogen) atoms. The molecule has 0 bridgehead atoms. The molecule has 0 atom stereocenters. The summed E-state index contributed by atoms with van der Waals surface area (Å²) in [5.74, 6) is 0.389. The molecule has 0 fully saturated rings. The number of nitrogens with zero attached hydrogens (tertiary/aromatic N) is 2. The predicted molar refractivity (Wildman–Crippen MR) is 79.9 cm³/mol. The SMILES string of the molecule is Nc1cc(Br)ccc1SCC(=O)Nc1ncccn1. The number of carbonyl (C=O) groups is 1. The Morgan fingerprint density at radius 1 is 1.37 bits per heavy atom. The van der Waals surface area contributed by atoms with Crippen LogP contribution < -0.4 is 11.1 Å². The minimum Gasteiger partial charge on any atom is -0.398 e. The van der Waals surface area contributed by atoms with E-state index in [2.05, 4.69) is 31.2 Å². The van der Waals surface area contributed by atoms with Gasteiger partial charge < -0.3 is 5.73 Å². The second-order valence-electron chi connectivity index (χ2n) is 3.59. The van der Waals surface area contributed by atoms with Gasteiger partial charge in [0.2, 0.25) is 11.9 Å². The lowest BCUT2D eigenvalue weighted by Gasteiger charge is -2.06. The number of thioether (sulfide) groups is 1. The van der Waals surface area contributed by atoms with Crippen LogP contribution in [0.25, 0.3) is 0 Å². The van der Waals surface area contributed by atoms with E-state index in [1.165, 1.54) is 11.8 Å². The summed E-state index contributed by atoms with van der Waals surface area (Å²) in [5.41, 5.74) is 6.49.